The normalized spacial score (nSPS) is 14.7. The van der Waals surface area contributed by atoms with Gasteiger partial charge in [-0.3, -0.25) is 9.69 Å². The van der Waals surface area contributed by atoms with Gasteiger partial charge in [0.05, 0.1) is 18.3 Å². The van der Waals surface area contributed by atoms with Crippen LogP contribution in [0.4, 0.5) is 5.69 Å². The fourth-order valence-corrected chi connectivity index (χ4v) is 3.75. The molecule has 5 heteroatoms. The van der Waals surface area contributed by atoms with Crippen molar-refractivity contribution >= 4 is 23.6 Å². The summed E-state index contributed by atoms with van der Waals surface area (Å²) in [6.45, 7) is 4.21. The first-order valence-corrected chi connectivity index (χ1v) is 10.7. The van der Waals surface area contributed by atoms with Crippen molar-refractivity contribution in [3.8, 4) is 5.75 Å². The van der Waals surface area contributed by atoms with Gasteiger partial charge in [0.1, 0.15) is 12.4 Å². The molecule has 0 aliphatic carbocycles. The molecule has 5 nitrogen and oxygen atoms in total. The molecule has 1 amide bonds. The number of esters is 1. The number of aryl methyl sites for hydroxylation is 1. The number of rotatable bonds is 6. The highest BCUT2D eigenvalue weighted by Gasteiger charge is 2.37. The summed E-state index contributed by atoms with van der Waals surface area (Å²) in [5, 5.41) is 0. The van der Waals surface area contributed by atoms with Crippen LogP contribution in [0.2, 0.25) is 0 Å². The molecule has 1 aliphatic rings. The highest BCUT2D eigenvalue weighted by molar-refractivity contribution is 6.23. The van der Waals surface area contributed by atoms with Crippen LogP contribution in [0.3, 0.4) is 0 Å². The van der Waals surface area contributed by atoms with Gasteiger partial charge in [0.2, 0.25) is 0 Å². The predicted molar refractivity (Wildman–Crippen MR) is 129 cm³/mol. The summed E-state index contributed by atoms with van der Waals surface area (Å²) in [6.07, 6.45) is 1.72. The zero-order chi connectivity index (χ0) is 23.4. The minimum atomic E-state index is -0.537. The van der Waals surface area contributed by atoms with E-state index in [-0.39, 0.29) is 11.5 Å². The van der Waals surface area contributed by atoms with Crippen LogP contribution in [0.5, 0.6) is 5.75 Å². The van der Waals surface area contributed by atoms with Gasteiger partial charge in [-0.1, -0.05) is 60.2 Å². The van der Waals surface area contributed by atoms with Gasteiger partial charge in [-0.2, -0.15) is 0 Å². The van der Waals surface area contributed by atoms with Crippen LogP contribution in [0.25, 0.3) is 6.08 Å². The molecular weight excluding hydrogens is 414 g/mol. The van der Waals surface area contributed by atoms with E-state index in [1.54, 1.807) is 17.9 Å². The summed E-state index contributed by atoms with van der Waals surface area (Å²) in [4.78, 5) is 27.5. The number of carbonyl (C=O) groups is 2. The Bertz CT molecular complexity index is 1220. The minimum absolute atomic E-state index is 0.263. The number of amides is 1. The van der Waals surface area contributed by atoms with E-state index in [1.165, 1.54) is 7.11 Å². The Labute approximate surface area is 193 Å². The van der Waals surface area contributed by atoms with Crippen LogP contribution in [0.1, 0.15) is 23.6 Å². The molecule has 0 N–H and O–H groups in total. The van der Waals surface area contributed by atoms with Gasteiger partial charge in [0.15, 0.2) is 0 Å². The number of benzene rings is 3. The first-order valence-electron chi connectivity index (χ1n) is 10.7. The molecule has 1 heterocycles. The van der Waals surface area contributed by atoms with E-state index < -0.39 is 5.97 Å². The third-order valence-electron chi connectivity index (χ3n) is 5.52. The molecule has 4 rings (SSSR count). The molecule has 166 valence electrons. The number of hydrogen-bond acceptors (Lipinski definition) is 4. The summed E-state index contributed by atoms with van der Waals surface area (Å²) < 4.78 is 10.8. The van der Waals surface area contributed by atoms with Crippen molar-refractivity contribution in [2.75, 3.05) is 12.0 Å². The summed E-state index contributed by atoms with van der Waals surface area (Å²) >= 11 is 0. The van der Waals surface area contributed by atoms with E-state index in [9.17, 15) is 9.59 Å². The molecule has 0 radical (unpaired) electrons. The van der Waals surface area contributed by atoms with Crippen LogP contribution in [-0.2, 0) is 20.9 Å². The number of methoxy groups -OCH3 is 1. The topological polar surface area (TPSA) is 55.8 Å². The van der Waals surface area contributed by atoms with Gasteiger partial charge >= 0.3 is 5.97 Å². The van der Waals surface area contributed by atoms with Crippen LogP contribution in [-0.4, -0.2) is 19.0 Å². The molecule has 0 spiro atoms. The SMILES string of the molecule is COC(=O)C1=C(C)N(c2ccc(C)cc2)C(=O)/C1=C\c1ccc(OCc2ccccc2)cc1. The number of allylic oxidation sites excluding steroid dienone is 1. The Kier molecular flexibility index (Phi) is 6.41. The van der Waals surface area contributed by atoms with Gasteiger partial charge < -0.3 is 9.47 Å². The third kappa shape index (κ3) is 4.72. The quantitative estimate of drug-likeness (QED) is 0.379. The molecular formula is C28H25NO4. The molecule has 0 atom stereocenters. The first kappa shape index (κ1) is 22.1. The Morgan fingerprint density at radius 1 is 0.909 bits per heavy atom. The van der Waals surface area contributed by atoms with Crippen molar-refractivity contribution in [2.45, 2.75) is 20.5 Å². The predicted octanol–water partition coefficient (Wildman–Crippen LogP) is 5.45. The molecule has 0 bridgehead atoms. The summed E-state index contributed by atoms with van der Waals surface area (Å²) in [5.41, 5.74) is 4.78. The highest BCUT2D eigenvalue weighted by atomic mass is 16.5. The minimum Gasteiger partial charge on any atom is -0.489 e. The number of hydrogen-bond donors (Lipinski definition) is 0. The molecule has 3 aromatic carbocycles. The van der Waals surface area contributed by atoms with E-state index >= 15 is 0 Å². The Hall–Kier alpha value is -4.12. The van der Waals surface area contributed by atoms with Crippen molar-refractivity contribution in [2.24, 2.45) is 0 Å². The molecule has 3 aromatic rings. The number of anilines is 1. The van der Waals surface area contributed by atoms with Crippen molar-refractivity contribution in [1.82, 2.24) is 0 Å². The Morgan fingerprint density at radius 3 is 2.21 bits per heavy atom. The fraction of sp³-hybridized carbons (Fsp3) is 0.143. The van der Waals surface area contributed by atoms with Gasteiger partial charge in [-0.25, -0.2) is 4.79 Å². The van der Waals surface area contributed by atoms with Gasteiger partial charge in [-0.05, 0) is 55.3 Å². The van der Waals surface area contributed by atoms with Crippen molar-refractivity contribution in [3.63, 3.8) is 0 Å². The lowest BCUT2D eigenvalue weighted by Crippen LogP contribution is -2.24. The lowest BCUT2D eigenvalue weighted by Gasteiger charge is -2.18. The average Bonchev–Trinajstić information content (AvgIpc) is 3.08. The zero-order valence-electron chi connectivity index (χ0n) is 18.9. The standard InChI is InChI=1S/C28H25NO4/c1-19-9-13-23(14-10-19)29-20(2)26(28(31)32-3)25(27(29)30)17-21-11-15-24(16-12-21)33-18-22-7-5-4-6-8-22/h4-17H,18H2,1-3H3/b25-17-. The van der Waals surface area contributed by atoms with Crippen molar-refractivity contribution in [3.05, 3.63) is 112 Å². The van der Waals surface area contributed by atoms with Gasteiger partial charge in [0.25, 0.3) is 5.91 Å². The fourth-order valence-electron chi connectivity index (χ4n) is 3.75. The average molecular weight is 440 g/mol. The molecule has 33 heavy (non-hydrogen) atoms. The van der Waals surface area contributed by atoms with E-state index in [1.807, 2.05) is 85.8 Å². The largest absolute Gasteiger partial charge is 0.489 e. The van der Waals surface area contributed by atoms with E-state index in [4.69, 9.17) is 9.47 Å². The smallest absolute Gasteiger partial charge is 0.340 e. The second-order valence-electron chi connectivity index (χ2n) is 7.83. The summed E-state index contributed by atoms with van der Waals surface area (Å²) in [5.74, 6) is -0.0781. The maximum atomic E-state index is 13.3. The second-order valence-corrected chi connectivity index (χ2v) is 7.83. The summed E-state index contributed by atoms with van der Waals surface area (Å²) in [6, 6.07) is 25.0. The molecule has 0 aromatic heterocycles. The third-order valence-corrected chi connectivity index (χ3v) is 5.52. The molecule has 0 unspecified atom stereocenters. The highest BCUT2D eigenvalue weighted by Crippen LogP contribution is 2.35. The van der Waals surface area contributed by atoms with Crippen LogP contribution >= 0.6 is 0 Å². The van der Waals surface area contributed by atoms with Crippen LogP contribution in [0.15, 0.2) is 95.7 Å². The van der Waals surface area contributed by atoms with Crippen LogP contribution in [0, 0.1) is 6.92 Å². The van der Waals surface area contributed by atoms with Gasteiger partial charge in [-0.15, -0.1) is 0 Å². The lowest BCUT2D eigenvalue weighted by molar-refractivity contribution is -0.136. The van der Waals surface area contributed by atoms with Crippen LogP contribution < -0.4 is 9.64 Å². The number of ether oxygens (including phenoxy) is 2. The molecule has 0 saturated carbocycles. The zero-order valence-corrected chi connectivity index (χ0v) is 18.9. The van der Waals surface area contributed by atoms with E-state index in [0.717, 1.165) is 22.4 Å². The van der Waals surface area contributed by atoms with E-state index in [0.29, 0.717) is 23.6 Å². The summed E-state index contributed by atoms with van der Waals surface area (Å²) in [7, 11) is 1.32. The molecule has 1 aliphatic heterocycles. The maximum Gasteiger partial charge on any atom is 0.340 e. The number of nitrogens with zero attached hydrogens (tertiary/aromatic N) is 1. The number of carbonyl (C=O) groups excluding carboxylic acids is 2. The van der Waals surface area contributed by atoms with Gasteiger partial charge in [0, 0.05) is 11.4 Å². The van der Waals surface area contributed by atoms with E-state index in [2.05, 4.69) is 0 Å². The molecule has 0 fully saturated rings. The first-order chi connectivity index (χ1) is 16.0. The monoisotopic (exact) mass is 439 g/mol. The molecule has 0 saturated heterocycles. The van der Waals surface area contributed by atoms with Crippen molar-refractivity contribution in [1.29, 1.82) is 0 Å². The maximum absolute atomic E-state index is 13.3. The Morgan fingerprint density at radius 2 is 1.58 bits per heavy atom. The second kappa shape index (κ2) is 9.57. The lowest BCUT2D eigenvalue weighted by atomic mass is 10.0. The Balaban J connectivity index is 1.60. The van der Waals surface area contributed by atoms with Crippen molar-refractivity contribution < 1.29 is 19.1 Å².